The first-order valence-corrected chi connectivity index (χ1v) is 6.39. The van der Waals surface area contributed by atoms with E-state index in [0.717, 1.165) is 17.3 Å². The Balaban J connectivity index is 2.90. The maximum atomic E-state index is 10.5. The molecule has 0 amide bonds. The molecular formula is C11H14ClN3O2S. The average molecular weight is 288 g/mol. The molecule has 0 saturated heterocycles. The highest BCUT2D eigenvalue weighted by molar-refractivity contribution is 8.03. The van der Waals surface area contributed by atoms with Crippen LogP contribution in [-0.4, -0.2) is 16.8 Å². The van der Waals surface area contributed by atoms with Gasteiger partial charge in [0.05, 0.1) is 16.5 Å². The van der Waals surface area contributed by atoms with Crippen LogP contribution in [-0.2, 0) is 4.79 Å². The van der Waals surface area contributed by atoms with Gasteiger partial charge in [0.2, 0.25) is 0 Å². The fourth-order valence-electron chi connectivity index (χ4n) is 1.26. The van der Waals surface area contributed by atoms with E-state index < -0.39 is 5.97 Å². The summed E-state index contributed by atoms with van der Waals surface area (Å²) in [5, 5.41) is 10.8. The number of carboxylic acid groups (broad SMARTS) is 1. The smallest absolute Gasteiger partial charge is 0.313 e. The SMILES string of the molecule is Cc1ccc(N(N)/C(=C\N)SCC(=O)O)c(Cl)c1. The zero-order valence-electron chi connectivity index (χ0n) is 9.76. The molecule has 0 aliphatic rings. The molecule has 1 rings (SSSR count). The molecule has 0 aliphatic heterocycles. The third-order valence-electron chi connectivity index (χ3n) is 2.09. The van der Waals surface area contributed by atoms with Gasteiger partial charge in [-0.3, -0.25) is 9.80 Å². The predicted octanol–water partition coefficient (Wildman–Crippen LogP) is 1.90. The zero-order valence-corrected chi connectivity index (χ0v) is 11.3. The van der Waals surface area contributed by atoms with Crippen LogP contribution in [0.2, 0.25) is 5.02 Å². The molecule has 0 aliphatic carbocycles. The minimum absolute atomic E-state index is 0.125. The Hall–Kier alpha value is -1.37. The van der Waals surface area contributed by atoms with Crippen LogP contribution >= 0.6 is 23.4 Å². The summed E-state index contributed by atoms with van der Waals surface area (Å²) in [5.41, 5.74) is 7.01. The normalized spacial score (nSPS) is 11.4. The van der Waals surface area contributed by atoms with Gasteiger partial charge >= 0.3 is 5.97 Å². The second-order valence-corrected chi connectivity index (χ2v) is 4.92. The quantitative estimate of drug-likeness (QED) is 0.566. The van der Waals surface area contributed by atoms with Crippen LogP contribution in [0, 0.1) is 6.92 Å². The lowest BCUT2D eigenvalue weighted by Gasteiger charge is -2.21. The van der Waals surface area contributed by atoms with Crippen molar-refractivity contribution in [2.75, 3.05) is 10.8 Å². The largest absolute Gasteiger partial charge is 0.481 e. The van der Waals surface area contributed by atoms with Gasteiger partial charge in [-0.15, -0.1) is 0 Å². The number of hydrazine groups is 1. The number of thioether (sulfide) groups is 1. The summed E-state index contributed by atoms with van der Waals surface area (Å²) in [6.45, 7) is 1.91. The van der Waals surface area contributed by atoms with Crippen LogP contribution in [0.25, 0.3) is 0 Å². The number of nitrogens with zero attached hydrogens (tertiary/aromatic N) is 1. The summed E-state index contributed by atoms with van der Waals surface area (Å²) in [7, 11) is 0. The number of nitrogens with two attached hydrogens (primary N) is 2. The molecular weight excluding hydrogens is 274 g/mol. The van der Waals surface area contributed by atoms with E-state index in [-0.39, 0.29) is 5.75 Å². The second kappa shape index (κ2) is 6.53. The third-order valence-corrected chi connectivity index (χ3v) is 3.41. The van der Waals surface area contributed by atoms with Crippen molar-refractivity contribution in [1.82, 2.24) is 0 Å². The fourth-order valence-corrected chi connectivity index (χ4v) is 2.19. The molecule has 0 fully saturated rings. The number of aliphatic carboxylic acids is 1. The molecule has 98 valence electrons. The minimum atomic E-state index is -0.942. The molecule has 1 aromatic carbocycles. The maximum Gasteiger partial charge on any atom is 0.313 e. The Bertz CT molecular complexity index is 479. The molecule has 5 N–H and O–H groups in total. The van der Waals surface area contributed by atoms with Gasteiger partial charge in [-0.2, -0.15) is 0 Å². The molecule has 5 nitrogen and oxygen atoms in total. The van der Waals surface area contributed by atoms with Crippen LogP contribution in [0.1, 0.15) is 5.56 Å². The van der Waals surface area contributed by atoms with Crippen molar-refractivity contribution in [2.24, 2.45) is 11.6 Å². The van der Waals surface area contributed by atoms with Crippen molar-refractivity contribution in [3.05, 3.63) is 40.0 Å². The van der Waals surface area contributed by atoms with E-state index in [0.29, 0.717) is 15.7 Å². The third kappa shape index (κ3) is 3.83. The number of hydrogen-bond acceptors (Lipinski definition) is 5. The lowest BCUT2D eigenvalue weighted by Crippen LogP contribution is -2.30. The van der Waals surface area contributed by atoms with Crippen molar-refractivity contribution < 1.29 is 9.90 Å². The van der Waals surface area contributed by atoms with Crippen LogP contribution in [0.3, 0.4) is 0 Å². The summed E-state index contributed by atoms with van der Waals surface area (Å²) in [4.78, 5) is 10.5. The topological polar surface area (TPSA) is 92.6 Å². The first-order chi connectivity index (χ1) is 8.45. The van der Waals surface area contributed by atoms with Gasteiger partial charge < -0.3 is 10.8 Å². The second-order valence-electron chi connectivity index (χ2n) is 3.51. The highest BCUT2D eigenvalue weighted by atomic mass is 35.5. The lowest BCUT2D eigenvalue weighted by molar-refractivity contribution is -0.133. The zero-order chi connectivity index (χ0) is 13.7. The molecule has 0 heterocycles. The molecule has 0 bridgehead atoms. The Labute approximate surface area is 114 Å². The van der Waals surface area contributed by atoms with Gasteiger partial charge in [0.15, 0.2) is 0 Å². The van der Waals surface area contributed by atoms with E-state index >= 15 is 0 Å². The number of carboxylic acids is 1. The molecule has 0 radical (unpaired) electrons. The highest BCUT2D eigenvalue weighted by Gasteiger charge is 2.13. The van der Waals surface area contributed by atoms with Crippen molar-refractivity contribution in [3.63, 3.8) is 0 Å². The Kier molecular flexibility index (Phi) is 5.33. The number of hydrogen-bond donors (Lipinski definition) is 3. The number of rotatable bonds is 5. The Morgan fingerprint density at radius 1 is 1.61 bits per heavy atom. The van der Waals surface area contributed by atoms with E-state index in [2.05, 4.69) is 0 Å². The predicted molar refractivity (Wildman–Crippen MR) is 75.2 cm³/mol. The van der Waals surface area contributed by atoms with Crippen molar-refractivity contribution in [1.29, 1.82) is 0 Å². The standard InChI is InChI=1S/C11H14ClN3O2S/c1-7-2-3-9(8(12)4-7)15(14)10(5-13)18-6-11(16)17/h2-5H,6,13-14H2,1H3,(H,16,17)/b10-5+. The van der Waals surface area contributed by atoms with Gasteiger partial charge in [-0.25, -0.2) is 5.84 Å². The number of anilines is 1. The number of aryl methyl sites for hydroxylation is 1. The molecule has 0 atom stereocenters. The molecule has 0 unspecified atom stereocenters. The Morgan fingerprint density at radius 2 is 2.28 bits per heavy atom. The van der Waals surface area contributed by atoms with Gasteiger partial charge in [0.1, 0.15) is 5.03 Å². The first kappa shape index (κ1) is 14.7. The summed E-state index contributed by atoms with van der Waals surface area (Å²) in [5.74, 6) is 4.81. The van der Waals surface area contributed by atoms with E-state index in [9.17, 15) is 4.79 Å². The Morgan fingerprint density at radius 3 is 2.78 bits per heavy atom. The first-order valence-electron chi connectivity index (χ1n) is 5.03. The van der Waals surface area contributed by atoms with Gasteiger partial charge in [0.25, 0.3) is 0 Å². The van der Waals surface area contributed by atoms with Crippen LogP contribution in [0.4, 0.5) is 5.69 Å². The van der Waals surface area contributed by atoms with E-state index in [1.165, 1.54) is 11.2 Å². The number of halogens is 1. The van der Waals surface area contributed by atoms with Gasteiger partial charge in [0, 0.05) is 6.20 Å². The lowest BCUT2D eigenvalue weighted by atomic mass is 10.2. The maximum absolute atomic E-state index is 10.5. The summed E-state index contributed by atoms with van der Waals surface area (Å²) in [6, 6.07) is 5.38. The van der Waals surface area contributed by atoms with E-state index in [1.54, 1.807) is 12.1 Å². The van der Waals surface area contributed by atoms with Crippen LogP contribution in [0.5, 0.6) is 0 Å². The van der Waals surface area contributed by atoms with Gasteiger partial charge in [-0.1, -0.05) is 29.4 Å². The van der Waals surface area contributed by atoms with Crippen molar-refractivity contribution >= 4 is 35.0 Å². The molecule has 1 aromatic rings. The summed E-state index contributed by atoms with van der Waals surface area (Å²) in [6.07, 6.45) is 1.25. The van der Waals surface area contributed by atoms with E-state index in [4.69, 9.17) is 28.3 Å². The minimum Gasteiger partial charge on any atom is -0.481 e. The molecule has 0 saturated carbocycles. The molecule has 0 aromatic heterocycles. The summed E-state index contributed by atoms with van der Waals surface area (Å²) >= 11 is 7.10. The summed E-state index contributed by atoms with van der Waals surface area (Å²) < 4.78 is 0. The molecule has 7 heteroatoms. The van der Waals surface area contributed by atoms with Crippen molar-refractivity contribution in [3.8, 4) is 0 Å². The van der Waals surface area contributed by atoms with Crippen molar-refractivity contribution in [2.45, 2.75) is 6.92 Å². The number of benzene rings is 1. The average Bonchev–Trinajstić information content (AvgIpc) is 2.29. The van der Waals surface area contributed by atoms with Crippen LogP contribution in [0.15, 0.2) is 29.4 Å². The number of carbonyl (C=O) groups is 1. The highest BCUT2D eigenvalue weighted by Crippen LogP contribution is 2.30. The van der Waals surface area contributed by atoms with E-state index in [1.807, 2.05) is 13.0 Å². The van der Waals surface area contributed by atoms with Gasteiger partial charge in [-0.05, 0) is 24.6 Å². The molecule has 18 heavy (non-hydrogen) atoms. The molecule has 0 spiro atoms. The fraction of sp³-hybridized carbons (Fsp3) is 0.182. The van der Waals surface area contributed by atoms with Crippen LogP contribution < -0.4 is 16.6 Å². The monoisotopic (exact) mass is 287 g/mol.